The Hall–Kier alpha value is -1.70. The van der Waals surface area contributed by atoms with Crippen molar-refractivity contribution in [2.24, 2.45) is 4.99 Å². The fourth-order valence-corrected chi connectivity index (χ4v) is 2.61. The number of allylic oxidation sites excluding steroid dienone is 4. The molecule has 24 heavy (non-hydrogen) atoms. The summed E-state index contributed by atoms with van der Waals surface area (Å²) in [6, 6.07) is 0. The molecule has 134 valence electrons. The average molecular weight is 352 g/mol. The Kier molecular flexibility index (Phi) is 9.29. The summed E-state index contributed by atoms with van der Waals surface area (Å²) < 4.78 is 0. The molecule has 1 aliphatic heterocycles. The van der Waals surface area contributed by atoms with Gasteiger partial charge in [-0.25, -0.2) is 0 Å². The van der Waals surface area contributed by atoms with Crippen molar-refractivity contribution in [1.82, 2.24) is 20.8 Å². The Bertz CT molecular complexity index is 537. The first-order valence-corrected chi connectivity index (χ1v) is 8.87. The van der Waals surface area contributed by atoms with Crippen LogP contribution in [0.1, 0.15) is 13.8 Å². The van der Waals surface area contributed by atoms with E-state index in [1.807, 2.05) is 19.1 Å². The fourth-order valence-electron chi connectivity index (χ4n) is 1.93. The third-order valence-corrected chi connectivity index (χ3v) is 4.22. The van der Waals surface area contributed by atoms with Crippen LogP contribution in [0.4, 0.5) is 0 Å². The van der Waals surface area contributed by atoms with Crippen molar-refractivity contribution in [3.05, 3.63) is 47.5 Å². The highest BCUT2D eigenvalue weighted by Gasteiger charge is 2.07. The molecule has 0 saturated heterocycles. The Labute approximate surface area is 149 Å². The molecule has 6 nitrogen and oxygen atoms in total. The van der Waals surface area contributed by atoms with E-state index in [-0.39, 0.29) is 0 Å². The van der Waals surface area contributed by atoms with Gasteiger partial charge in [0.05, 0.1) is 11.4 Å². The smallest absolute Gasteiger partial charge is 0.106 e. The van der Waals surface area contributed by atoms with E-state index in [4.69, 9.17) is 4.84 Å². The second-order valence-corrected chi connectivity index (χ2v) is 6.63. The van der Waals surface area contributed by atoms with Crippen LogP contribution in [-0.2, 0) is 4.84 Å². The van der Waals surface area contributed by atoms with E-state index >= 15 is 0 Å². The number of nitrogens with zero attached hydrogens (tertiary/aromatic N) is 3. The predicted molar refractivity (Wildman–Crippen MR) is 104 cm³/mol. The molecule has 2 N–H and O–H groups in total. The standard InChI is InChI=1S/C17H29N5OS/c1-7-23-20-19-17(15(3)22(6)10-9-21(4)5)12-14(2)18-16-8-11-24-13-16/h7-8,11-12,19-20H,1,9-10,13H2,2-6H3/b14-12+,17-15-,18-16?. The van der Waals surface area contributed by atoms with Gasteiger partial charge in [-0.3, -0.25) is 10.4 Å². The molecule has 0 atom stereocenters. The Balaban J connectivity index is 2.91. The Morgan fingerprint density at radius 3 is 2.71 bits per heavy atom. The zero-order valence-corrected chi connectivity index (χ0v) is 16.1. The summed E-state index contributed by atoms with van der Waals surface area (Å²) >= 11 is 1.76. The molecule has 7 heteroatoms. The maximum Gasteiger partial charge on any atom is 0.106 e. The van der Waals surface area contributed by atoms with Gasteiger partial charge < -0.3 is 14.6 Å². The molecule has 0 amide bonds. The van der Waals surface area contributed by atoms with Gasteiger partial charge in [0.25, 0.3) is 0 Å². The van der Waals surface area contributed by atoms with Gasteiger partial charge in [0.1, 0.15) is 6.26 Å². The summed E-state index contributed by atoms with van der Waals surface area (Å²) in [6.07, 6.45) is 5.38. The quantitative estimate of drug-likeness (QED) is 0.273. The van der Waals surface area contributed by atoms with Crippen molar-refractivity contribution < 1.29 is 4.84 Å². The lowest BCUT2D eigenvalue weighted by atomic mass is 10.2. The molecule has 0 unspecified atom stereocenters. The number of aliphatic imine (C=N–C) groups is 1. The summed E-state index contributed by atoms with van der Waals surface area (Å²) in [5.74, 6) is 0.928. The Morgan fingerprint density at radius 2 is 2.12 bits per heavy atom. The van der Waals surface area contributed by atoms with E-state index in [2.05, 4.69) is 65.9 Å². The third kappa shape index (κ3) is 7.72. The number of hydrogen-bond acceptors (Lipinski definition) is 7. The van der Waals surface area contributed by atoms with Crippen molar-refractivity contribution in [2.75, 3.05) is 40.0 Å². The zero-order valence-electron chi connectivity index (χ0n) is 15.3. The summed E-state index contributed by atoms with van der Waals surface area (Å²) in [7, 11) is 6.21. The summed E-state index contributed by atoms with van der Waals surface area (Å²) in [4.78, 5) is 14.0. The van der Waals surface area contributed by atoms with E-state index in [1.165, 1.54) is 6.26 Å². The minimum absolute atomic E-state index is 0.898. The Morgan fingerprint density at radius 1 is 1.38 bits per heavy atom. The summed E-state index contributed by atoms with van der Waals surface area (Å²) in [5, 5.41) is 2.07. The van der Waals surface area contributed by atoms with Gasteiger partial charge >= 0.3 is 0 Å². The van der Waals surface area contributed by atoms with Crippen molar-refractivity contribution in [1.29, 1.82) is 0 Å². The van der Waals surface area contributed by atoms with E-state index in [0.717, 1.165) is 41.6 Å². The van der Waals surface area contributed by atoms with Crippen LogP contribution in [-0.4, -0.2) is 55.5 Å². The molecule has 0 aliphatic carbocycles. The lowest BCUT2D eigenvalue weighted by Crippen LogP contribution is -2.34. The SMILES string of the molecule is C=CONNC(/C=C(\C)N=C1C=CSC1)=C(/C)N(C)CCN(C)C. The molecular formula is C17H29N5OS. The molecule has 1 heterocycles. The fraction of sp³-hybridized carbons (Fsp3) is 0.471. The summed E-state index contributed by atoms with van der Waals surface area (Å²) in [5.41, 5.74) is 9.72. The van der Waals surface area contributed by atoms with Crippen LogP contribution < -0.4 is 11.0 Å². The molecule has 0 spiro atoms. The van der Waals surface area contributed by atoms with Crippen molar-refractivity contribution in [3.8, 4) is 0 Å². The minimum atomic E-state index is 0.898. The van der Waals surface area contributed by atoms with E-state index in [1.54, 1.807) is 11.8 Å². The van der Waals surface area contributed by atoms with Crippen LogP contribution in [0.25, 0.3) is 0 Å². The monoisotopic (exact) mass is 351 g/mol. The van der Waals surface area contributed by atoms with E-state index in [0.29, 0.717) is 0 Å². The predicted octanol–water partition coefficient (Wildman–Crippen LogP) is 2.49. The lowest BCUT2D eigenvalue weighted by Gasteiger charge is -2.24. The molecule has 0 radical (unpaired) electrons. The lowest BCUT2D eigenvalue weighted by molar-refractivity contribution is 0.105. The van der Waals surface area contributed by atoms with Gasteiger partial charge in [0, 0.05) is 37.3 Å². The molecule has 1 aliphatic rings. The molecule has 0 aromatic rings. The first-order chi connectivity index (χ1) is 11.4. The van der Waals surface area contributed by atoms with Crippen molar-refractivity contribution >= 4 is 17.5 Å². The van der Waals surface area contributed by atoms with Crippen LogP contribution in [0.3, 0.4) is 0 Å². The highest BCUT2D eigenvalue weighted by Crippen LogP contribution is 2.15. The largest absolute Gasteiger partial charge is 0.398 e. The molecule has 0 bridgehead atoms. The molecule has 0 saturated carbocycles. The molecule has 0 aromatic carbocycles. The van der Waals surface area contributed by atoms with Gasteiger partial charge in [0.2, 0.25) is 0 Å². The number of hydrogen-bond donors (Lipinski definition) is 2. The highest BCUT2D eigenvalue weighted by molar-refractivity contribution is 8.03. The highest BCUT2D eigenvalue weighted by atomic mass is 32.2. The number of hydrazine groups is 1. The average Bonchev–Trinajstić information content (AvgIpc) is 3.03. The molecule has 0 fully saturated rings. The van der Waals surface area contributed by atoms with Gasteiger partial charge in [-0.1, -0.05) is 12.2 Å². The summed E-state index contributed by atoms with van der Waals surface area (Å²) in [6.45, 7) is 9.47. The number of thioether (sulfide) groups is 1. The second-order valence-electron chi connectivity index (χ2n) is 5.74. The van der Waals surface area contributed by atoms with Crippen LogP contribution in [0.2, 0.25) is 0 Å². The van der Waals surface area contributed by atoms with Crippen molar-refractivity contribution in [2.45, 2.75) is 13.8 Å². The molecule has 0 aromatic heterocycles. The van der Waals surface area contributed by atoms with Crippen LogP contribution in [0.5, 0.6) is 0 Å². The molecular weight excluding hydrogens is 322 g/mol. The maximum atomic E-state index is 4.97. The molecule has 1 rings (SSSR count). The second kappa shape index (κ2) is 11.0. The number of likely N-dealkylation sites (N-methyl/N-ethyl adjacent to an activating group) is 2. The van der Waals surface area contributed by atoms with Crippen molar-refractivity contribution in [3.63, 3.8) is 0 Å². The van der Waals surface area contributed by atoms with Gasteiger partial charge in [0.15, 0.2) is 0 Å². The first-order valence-electron chi connectivity index (χ1n) is 7.82. The maximum absolute atomic E-state index is 4.97. The topological polar surface area (TPSA) is 52.1 Å². The van der Waals surface area contributed by atoms with Gasteiger partial charge in [-0.2, -0.15) is 0 Å². The minimum Gasteiger partial charge on any atom is -0.398 e. The number of nitrogens with one attached hydrogen (secondary N) is 2. The van der Waals surface area contributed by atoms with E-state index < -0.39 is 0 Å². The van der Waals surface area contributed by atoms with Gasteiger partial charge in [-0.15, -0.1) is 11.8 Å². The normalized spacial score (nSPS) is 17.2. The van der Waals surface area contributed by atoms with Crippen LogP contribution >= 0.6 is 11.8 Å². The van der Waals surface area contributed by atoms with Gasteiger partial charge in [-0.05, 0) is 45.5 Å². The number of rotatable bonds is 10. The van der Waals surface area contributed by atoms with Crippen LogP contribution in [0.15, 0.2) is 52.5 Å². The van der Waals surface area contributed by atoms with E-state index in [9.17, 15) is 0 Å². The third-order valence-electron chi connectivity index (χ3n) is 3.43. The zero-order chi connectivity index (χ0) is 17.9. The van der Waals surface area contributed by atoms with Crippen LogP contribution in [0, 0.1) is 0 Å². The first kappa shape index (κ1) is 20.3.